The number of benzene rings is 3. The van der Waals surface area contributed by atoms with Crippen molar-refractivity contribution in [3.63, 3.8) is 0 Å². The maximum atomic E-state index is 13.6. The summed E-state index contributed by atoms with van der Waals surface area (Å²) < 4.78 is 64.1. The van der Waals surface area contributed by atoms with Crippen LogP contribution in [0.1, 0.15) is 11.1 Å². The zero-order valence-corrected chi connectivity index (χ0v) is 16.8. The first-order chi connectivity index (χ1) is 15.3. The van der Waals surface area contributed by atoms with Crippen LogP contribution in [0.4, 0.5) is 29.1 Å². The van der Waals surface area contributed by atoms with Crippen molar-refractivity contribution in [3.8, 4) is 11.5 Å². The molecule has 9 heteroatoms. The molecule has 0 unspecified atom stereocenters. The predicted octanol–water partition coefficient (Wildman–Crippen LogP) is 6.12. The Hall–Kier alpha value is -3.88. The highest BCUT2D eigenvalue weighted by molar-refractivity contribution is 5.93. The molecular weight excluding hydrogens is 426 g/mol. The number of fused-ring (bicyclic) bond motifs is 1. The smallest absolute Gasteiger partial charge is 0.419 e. The minimum absolute atomic E-state index is 0.0290. The Morgan fingerprint density at radius 3 is 2.44 bits per heavy atom. The standard InChI is InChI=1S/C23H17F4N3O2/c1-31-20-11-19-16(10-21(20)32-12-14-5-3-2-4-6-14)22(29-13-28-19)30-15-7-8-18(24)17(9-15)23(25,26)27/h2-11,13H,12H2,1H3,(H,28,29,30). The second-order valence-electron chi connectivity index (χ2n) is 6.83. The molecule has 1 heterocycles. The number of anilines is 2. The lowest BCUT2D eigenvalue weighted by Crippen LogP contribution is -2.09. The summed E-state index contributed by atoms with van der Waals surface area (Å²) in [6.45, 7) is 0.284. The van der Waals surface area contributed by atoms with E-state index in [1.807, 2.05) is 30.3 Å². The fraction of sp³-hybridized carbons (Fsp3) is 0.130. The van der Waals surface area contributed by atoms with Gasteiger partial charge in [-0.3, -0.25) is 0 Å². The van der Waals surface area contributed by atoms with Crippen molar-refractivity contribution >= 4 is 22.4 Å². The molecule has 0 fully saturated rings. The van der Waals surface area contributed by atoms with Crippen LogP contribution in [-0.4, -0.2) is 17.1 Å². The summed E-state index contributed by atoms with van der Waals surface area (Å²) in [4.78, 5) is 8.33. The summed E-state index contributed by atoms with van der Waals surface area (Å²) >= 11 is 0. The molecule has 164 valence electrons. The molecule has 0 aliphatic heterocycles. The first-order valence-electron chi connectivity index (χ1n) is 9.48. The summed E-state index contributed by atoms with van der Waals surface area (Å²) in [6.07, 6.45) is -3.55. The van der Waals surface area contributed by atoms with Gasteiger partial charge in [-0.25, -0.2) is 14.4 Å². The maximum Gasteiger partial charge on any atom is 0.419 e. The molecule has 32 heavy (non-hydrogen) atoms. The van der Waals surface area contributed by atoms with E-state index in [-0.39, 0.29) is 18.1 Å². The normalized spacial score (nSPS) is 11.4. The third-order valence-corrected chi connectivity index (χ3v) is 4.69. The van der Waals surface area contributed by atoms with E-state index in [1.54, 1.807) is 12.1 Å². The van der Waals surface area contributed by atoms with E-state index >= 15 is 0 Å². The molecule has 0 amide bonds. The van der Waals surface area contributed by atoms with Gasteiger partial charge in [0.1, 0.15) is 24.6 Å². The number of aromatic nitrogens is 2. The number of hydrogen-bond donors (Lipinski definition) is 1. The van der Waals surface area contributed by atoms with E-state index in [0.29, 0.717) is 28.5 Å². The van der Waals surface area contributed by atoms with Gasteiger partial charge in [-0.15, -0.1) is 0 Å². The van der Waals surface area contributed by atoms with Crippen LogP contribution in [0.3, 0.4) is 0 Å². The van der Waals surface area contributed by atoms with Crippen molar-refractivity contribution in [1.82, 2.24) is 9.97 Å². The van der Waals surface area contributed by atoms with Crippen molar-refractivity contribution in [2.24, 2.45) is 0 Å². The maximum absolute atomic E-state index is 13.6. The lowest BCUT2D eigenvalue weighted by Gasteiger charge is -2.15. The first-order valence-corrected chi connectivity index (χ1v) is 9.48. The molecule has 1 N–H and O–H groups in total. The number of alkyl halides is 3. The number of nitrogens with one attached hydrogen (secondary N) is 1. The number of halogens is 4. The molecule has 0 aliphatic rings. The third-order valence-electron chi connectivity index (χ3n) is 4.69. The molecule has 0 aliphatic carbocycles. The molecule has 0 bridgehead atoms. The molecule has 1 aromatic heterocycles. The molecule has 0 spiro atoms. The van der Waals surface area contributed by atoms with Gasteiger partial charge in [0.15, 0.2) is 11.5 Å². The lowest BCUT2D eigenvalue weighted by atomic mass is 10.1. The minimum Gasteiger partial charge on any atom is -0.493 e. The van der Waals surface area contributed by atoms with Crippen LogP contribution in [-0.2, 0) is 12.8 Å². The van der Waals surface area contributed by atoms with Crippen molar-refractivity contribution in [2.75, 3.05) is 12.4 Å². The lowest BCUT2D eigenvalue weighted by molar-refractivity contribution is -0.139. The van der Waals surface area contributed by atoms with E-state index in [0.717, 1.165) is 11.6 Å². The Kier molecular flexibility index (Phi) is 5.81. The zero-order chi connectivity index (χ0) is 22.7. The van der Waals surface area contributed by atoms with Crippen molar-refractivity contribution in [3.05, 3.63) is 83.9 Å². The van der Waals surface area contributed by atoms with Crippen LogP contribution in [0.2, 0.25) is 0 Å². The van der Waals surface area contributed by atoms with Crippen molar-refractivity contribution < 1.29 is 27.0 Å². The number of ether oxygens (including phenoxy) is 2. The fourth-order valence-corrected chi connectivity index (χ4v) is 3.13. The predicted molar refractivity (Wildman–Crippen MR) is 112 cm³/mol. The summed E-state index contributed by atoms with van der Waals surface area (Å²) in [5.41, 5.74) is 0.101. The summed E-state index contributed by atoms with van der Waals surface area (Å²) in [7, 11) is 1.49. The topological polar surface area (TPSA) is 56.3 Å². The number of methoxy groups -OCH3 is 1. The van der Waals surface area contributed by atoms with Crippen LogP contribution in [0, 0.1) is 5.82 Å². The average Bonchev–Trinajstić information content (AvgIpc) is 2.78. The molecule has 5 nitrogen and oxygen atoms in total. The van der Waals surface area contributed by atoms with Gasteiger partial charge in [0, 0.05) is 17.1 Å². The van der Waals surface area contributed by atoms with Crippen LogP contribution in [0.25, 0.3) is 10.9 Å². The number of nitrogens with zero attached hydrogens (tertiary/aromatic N) is 2. The van der Waals surface area contributed by atoms with Crippen LogP contribution in [0.5, 0.6) is 11.5 Å². The van der Waals surface area contributed by atoms with E-state index < -0.39 is 17.6 Å². The molecule has 4 rings (SSSR count). The van der Waals surface area contributed by atoms with E-state index in [2.05, 4.69) is 15.3 Å². The van der Waals surface area contributed by atoms with Crippen molar-refractivity contribution in [1.29, 1.82) is 0 Å². The SMILES string of the molecule is COc1cc2ncnc(Nc3ccc(F)c(C(F)(F)F)c3)c2cc1OCc1ccccc1. The molecule has 0 atom stereocenters. The summed E-state index contributed by atoms with van der Waals surface area (Å²) in [5, 5.41) is 3.31. The van der Waals surface area contributed by atoms with E-state index in [1.165, 1.54) is 19.5 Å². The summed E-state index contributed by atoms with van der Waals surface area (Å²) in [6, 6.07) is 15.5. The van der Waals surface area contributed by atoms with Gasteiger partial charge in [-0.1, -0.05) is 30.3 Å². The second-order valence-corrected chi connectivity index (χ2v) is 6.83. The molecule has 0 saturated heterocycles. The zero-order valence-electron chi connectivity index (χ0n) is 16.8. The van der Waals surface area contributed by atoms with Gasteiger partial charge in [-0.05, 0) is 29.8 Å². The van der Waals surface area contributed by atoms with Gasteiger partial charge < -0.3 is 14.8 Å². The Labute approximate surface area is 180 Å². The third kappa shape index (κ3) is 4.56. The number of rotatable bonds is 6. The molecule has 0 saturated carbocycles. The monoisotopic (exact) mass is 443 g/mol. The number of hydrogen-bond acceptors (Lipinski definition) is 5. The van der Waals surface area contributed by atoms with Gasteiger partial charge in [0.25, 0.3) is 0 Å². The van der Waals surface area contributed by atoms with E-state index in [9.17, 15) is 17.6 Å². The Morgan fingerprint density at radius 2 is 1.72 bits per heavy atom. The van der Waals surface area contributed by atoms with Crippen molar-refractivity contribution in [2.45, 2.75) is 12.8 Å². The Morgan fingerprint density at radius 1 is 0.938 bits per heavy atom. The summed E-state index contributed by atoms with van der Waals surface area (Å²) in [5.74, 6) is -0.255. The average molecular weight is 443 g/mol. The minimum atomic E-state index is -4.82. The van der Waals surface area contributed by atoms with Gasteiger partial charge in [-0.2, -0.15) is 13.2 Å². The largest absolute Gasteiger partial charge is 0.493 e. The fourth-order valence-electron chi connectivity index (χ4n) is 3.13. The first kappa shape index (κ1) is 21.4. The van der Waals surface area contributed by atoms with E-state index in [4.69, 9.17) is 9.47 Å². The van der Waals surface area contributed by atoms with Crippen LogP contribution < -0.4 is 14.8 Å². The molecule has 4 aromatic rings. The highest BCUT2D eigenvalue weighted by Gasteiger charge is 2.34. The molecule has 3 aromatic carbocycles. The molecular formula is C23H17F4N3O2. The highest BCUT2D eigenvalue weighted by Crippen LogP contribution is 2.37. The Balaban J connectivity index is 1.69. The molecule has 0 radical (unpaired) electrons. The van der Waals surface area contributed by atoms with Gasteiger partial charge >= 0.3 is 6.18 Å². The quantitative estimate of drug-likeness (QED) is 0.364. The van der Waals surface area contributed by atoms with Gasteiger partial charge in [0.05, 0.1) is 18.2 Å². The van der Waals surface area contributed by atoms with Crippen LogP contribution >= 0.6 is 0 Å². The second kappa shape index (κ2) is 8.70. The van der Waals surface area contributed by atoms with Crippen LogP contribution in [0.15, 0.2) is 67.0 Å². The highest BCUT2D eigenvalue weighted by atomic mass is 19.4. The van der Waals surface area contributed by atoms with Gasteiger partial charge in [0.2, 0.25) is 0 Å². The Bertz CT molecular complexity index is 1250.